The van der Waals surface area contributed by atoms with Crippen LogP contribution in [-0.2, 0) is 6.54 Å². The molecule has 2 N–H and O–H groups in total. The van der Waals surface area contributed by atoms with E-state index in [4.69, 9.17) is 4.99 Å². The number of amides is 1. The van der Waals surface area contributed by atoms with Gasteiger partial charge in [0.05, 0.1) is 24.3 Å². The summed E-state index contributed by atoms with van der Waals surface area (Å²) in [6, 6.07) is 17.8. The topological polar surface area (TPSA) is 82.5 Å². The number of fused-ring (bicyclic) bond motifs is 1. The molecule has 2 aromatic heterocycles. The monoisotopic (exact) mass is 426 g/mol. The third-order valence-corrected chi connectivity index (χ3v) is 6.07. The van der Waals surface area contributed by atoms with Crippen molar-refractivity contribution in [1.82, 2.24) is 14.9 Å². The van der Waals surface area contributed by atoms with Crippen molar-refractivity contribution in [3.63, 3.8) is 0 Å². The molecule has 0 radical (unpaired) electrons. The molecule has 1 atom stereocenters. The minimum absolute atomic E-state index is 0.00207. The Morgan fingerprint density at radius 3 is 2.81 bits per heavy atom. The molecule has 0 aliphatic carbocycles. The second-order valence-electron chi connectivity index (χ2n) is 8.40. The third kappa shape index (κ3) is 3.93. The van der Waals surface area contributed by atoms with E-state index in [0.717, 1.165) is 41.4 Å². The van der Waals surface area contributed by atoms with E-state index < -0.39 is 5.54 Å². The molecule has 2 aliphatic rings. The lowest BCUT2D eigenvalue weighted by atomic mass is 9.85. The number of nitrogens with one attached hydrogen (secondary N) is 2. The van der Waals surface area contributed by atoms with Crippen molar-refractivity contribution < 1.29 is 4.79 Å². The number of aryl methyl sites for hydroxylation is 1. The maximum Gasteiger partial charge on any atom is 0.255 e. The van der Waals surface area contributed by atoms with E-state index in [1.165, 1.54) is 0 Å². The number of benzene rings is 1. The molecule has 0 saturated carbocycles. The highest BCUT2D eigenvalue weighted by molar-refractivity contribution is 6.09. The summed E-state index contributed by atoms with van der Waals surface area (Å²) in [5.74, 6) is 1.58. The van der Waals surface area contributed by atoms with Gasteiger partial charge in [0.25, 0.3) is 5.91 Å². The summed E-state index contributed by atoms with van der Waals surface area (Å²) in [6.45, 7) is 3.71. The van der Waals surface area contributed by atoms with Gasteiger partial charge in [-0.25, -0.2) is 4.98 Å². The fraction of sp³-hybridized carbons (Fsp3) is 0.280. The van der Waals surface area contributed by atoms with E-state index in [-0.39, 0.29) is 5.91 Å². The van der Waals surface area contributed by atoms with Crippen LogP contribution in [0.2, 0.25) is 0 Å². The van der Waals surface area contributed by atoms with E-state index in [0.29, 0.717) is 25.2 Å². The molecule has 0 bridgehead atoms. The lowest BCUT2D eigenvalue weighted by Gasteiger charge is -2.47. The van der Waals surface area contributed by atoms with Crippen molar-refractivity contribution in [3.8, 4) is 0 Å². The molecular formula is C25H26N6O. The van der Waals surface area contributed by atoms with E-state index in [1.54, 1.807) is 12.4 Å². The number of likely N-dealkylation sites (tertiary alicyclic amines) is 1. The van der Waals surface area contributed by atoms with Crippen molar-refractivity contribution in [2.24, 2.45) is 4.99 Å². The molecule has 32 heavy (non-hydrogen) atoms. The molecule has 5 rings (SSSR count). The summed E-state index contributed by atoms with van der Waals surface area (Å²) < 4.78 is 0. The Morgan fingerprint density at radius 2 is 2.00 bits per heavy atom. The molecule has 2 aliphatic heterocycles. The van der Waals surface area contributed by atoms with Crippen LogP contribution in [-0.4, -0.2) is 45.2 Å². The van der Waals surface area contributed by atoms with Crippen LogP contribution < -0.4 is 10.6 Å². The molecular weight excluding hydrogens is 400 g/mol. The average molecular weight is 427 g/mol. The highest BCUT2D eigenvalue weighted by atomic mass is 16.2. The molecule has 1 fully saturated rings. The highest BCUT2D eigenvalue weighted by Gasteiger charge is 2.45. The fourth-order valence-corrected chi connectivity index (χ4v) is 4.40. The van der Waals surface area contributed by atoms with Crippen LogP contribution in [0.4, 0.5) is 11.5 Å². The number of anilines is 2. The molecule has 4 heterocycles. The molecule has 3 aromatic rings. The lowest BCUT2D eigenvalue weighted by molar-refractivity contribution is 0.0694. The largest absolute Gasteiger partial charge is 0.368 e. The molecule has 7 heteroatoms. The molecule has 1 spiro atoms. The number of piperidine rings is 1. The Bertz CT molecular complexity index is 1140. The van der Waals surface area contributed by atoms with Crippen molar-refractivity contribution in [2.75, 3.05) is 23.7 Å². The van der Waals surface area contributed by atoms with E-state index in [2.05, 4.69) is 32.7 Å². The Morgan fingerprint density at radius 1 is 1.12 bits per heavy atom. The zero-order chi connectivity index (χ0) is 22.0. The first kappa shape index (κ1) is 20.2. The standard InChI is InChI=1S/C25H26N6O/c1-18-10-11-20(16-27-18)23(32)31-14-6-12-25(17-31)24(28-15-19-7-3-2-4-8-19)29-22-21(30-25)9-5-13-26-22/h2-5,7-11,13,16,30H,6,12,14-15,17H2,1H3,(H,26,28,29). The number of carbonyl (C=O) groups excluding carboxylic acids is 1. The van der Waals surface area contributed by atoms with E-state index in [1.807, 2.05) is 54.3 Å². The Balaban J connectivity index is 1.47. The number of aliphatic imine (C=N–C) groups is 1. The van der Waals surface area contributed by atoms with Crippen LogP contribution in [0, 0.1) is 6.92 Å². The van der Waals surface area contributed by atoms with Gasteiger partial charge in [-0.3, -0.25) is 14.8 Å². The van der Waals surface area contributed by atoms with Gasteiger partial charge in [-0.05, 0) is 49.6 Å². The molecule has 1 unspecified atom stereocenters. The van der Waals surface area contributed by atoms with Gasteiger partial charge in [-0.2, -0.15) is 0 Å². The van der Waals surface area contributed by atoms with Gasteiger partial charge in [0.2, 0.25) is 0 Å². The maximum atomic E-state index is 13.3. The second-order valence-corrected chi connectivity index (χ2v) is 8.40. The van der Waals surface area contributed by atoms with Crippen LogP contribution in [0.25, 0.3) is 0 Å². The first-order valence-electron chi connectivity index (χ1n) is 10.9. The molecule has 7 nitrogen and oxygen atoms in total. The predicted molar refractivity (Wildman–Crippen MR) is 126 cm³/mol. The number of carbonyl (C=O) groups is 1. The van der Waals surface area contributed by atoms with Crippen molar-refractivity contribution >= 4 is 23.2 Å². The summed E-state index contributed by atoms with van der Waals surface area (Å²) in [4.78, 5) is 28.9. The Labute approximate surface area is 187 Å². The van der Waals surface area contributed by atoms with Gasteiger partial charge < -0.3 is 15.5 Å². The van der Waals surface area contributed by atoms with Crippen LogP contribution in [0.3, 0.4) is 0 Å². The summed E-state index contributed by atoms with van der Waals surface area (Å²) in [5, 5.41) is 7.14. The Hall–Kier alpha value is -3.74. The molecule has 1 aromatic carbocycles. The van der Waals surface area contributed by atoms with Crippen LogP contribution in [0.1, 0.15) is 34.5 Å². The zero-order valence-corrected chi connectivity index (χ0v) is 18.1. The van der Waals surface area contributed by atoms with Gasteiger partial charge in [0.1, 0.15) is 11.4 Å². The van der Waals surface area contributed by atoms with Crippen molar-refractivity contribution in [2.45, 2.75) is 31.8 Å². The SMILES string of the molecule is Cc1ccc(C(=O)N2CCCC3(C2)Nc2cccnc2NC3=NCc2ccccc2)cn1. The predicted octanol–water partition coefficient (Wildman–Crippen LogP) is 3.90. The van der Waals surface area contributed by atoms with E-state index in [9.17, 15) is 4.79 Å². The summed E-state index contributed by atoms with van der Waals surface area (Å²) in [5.41, 5.74) is 3.09. The Kier molecular flexibility index (Phi) is 5.31. The van der Waals surface area contributed by atoms with Gasteiger partial charge in [0, 0.05) is 24.6 Å². The first-order chi connectivity index (χ1) is 15.6. The molecule has 162 valence electrons. The van der Waals surface area contributed by atoms with Crippen molar-refractivity contribution in [1.29, 1.82) is 0 Å². The van der Waals surface area contributed by atoms with Crippen LogP contribution >= 0.6 is 0 Å². The lowest BCUT2D eigenvalue weighted by Crippen LogP contribution is -2.62. The number of rotatable bonds is 3. The maximum absolute atomic E-state index is 13.3. The minimum Gasteiger partial charge on any atom is -0.368 e. The van der Waals surface area contributed by atoms with Gasteiger partial charge in [-0.1, -0.05) is 30.3 Å². The number of hydrogen-bond donors (Lipinski definition) is 2. The first-order valence-corrected chi connectivity index (χ1v) is 10.9. The van der Waals surface area contributed by atoms with Crippen molar-refractivity contribution in [3.05, 3.63) is 83.8 Å². The number of amidine groups is 1. The minimum atomic E-state index is -0.489. The van der Waals surface area contributed by atoms with Crippen LogP contribution in [0.15, 0.2) is 72.0 Å². The number of hydrogen-bond acceptors (Lipinski definition) is 5. The summed E-state index contributed by atoms with van der Waals surface area (Å²) in [7, 11) is 0. The molecule has 1 amide bonds. The van der Waals surface area contributed by atoms with Crippen LogP contribution in [0.5, 0.6) is 0 Å². The summed E-state index contributed by atoms with van der Waals surface area (Å²) in [6.07, 6.45) is 5.17. The smallest absolute Gasteiger partial charge is 0.255 e. The molecule has 1 saturated heterocycles. The highest BCUT2D eigenvalue weighted by Crippen LogP contribution is 2.35. The number of pyridine rings is 2. The fourth-order valence-electron chi connectivity index (χ4n) is 4.40. The van der Waals surface area contributed by atoms with Gasteiger partial charge >= 0.3 is 0 Å². The quantitative estimate of drug-likeness (QED) is 0.664. The van der Waals surface area contributed by atoms with Gasteiger partial charge in [0.15, 0.2) is 5.82 Å². The number of aromatic nitrogens is 2. The van der Waals surface area contributed by atoms with Gasteiger partial charge in [-0.15, -0.1) is 0 Å². The van der Waals surface area contributed by atoms with E-state index >= 15 is 0 Å². The normalized spacial score (nSPS) is 21.0. The summed E-state index contributed by atoms with van der Waals surface area (Å²) >= 11 is 0. The average Bonchev–Trinajstić information content (AvgIpc) is 2.83. The zero-order valence-electron chi connectivity index (χ0n) is 18.1. The third-order valence-electron chi connectivity index (χ3n) is 6.07. The second kappa shape index (κ2) is 8.42. The number of nitrogens with zero attached hydrogens (tertiary/aromatic N) is 4.